The lowest BCUT2D eigenvalue weighted by Crippen LogP contribution is -2.54. The Kier molecular flexibility index (Phi) is 17.4. The van der Waals surface area contributed by atoms with Gasteiger partial charge < -0.3 is 46.9 Å². The van der Waals surface area contributed by atoms with E-state index in [2.05, 4.69) is 41.7 Å². The van der Waals surface area contributed by atoms with Crippen LogP contribution in [0, 0.1) is 12.8 Å². The fraction of sp³-hybridized carbons (Fsp3) is 0.352. The summed E-state index contributed by atoms with van der Waals surface area (Å²) in [4.78, 5) is 109. The zero-order chi connectivity index (χ0) is 53.7. The first-order valence-corrected chi connectivity index (χ1v) is 25.3. The second-order valence-corrected chi connectivity index (χ2v) is 19.0. The zero-order valence-electron chi connectivity index (χ0n) is 42.6. The van der Waals surface area contributed by atoms with E-state index in [0.29, 0.717) is 68.8 Å². The molecule has 396 valence electrons. The number of carbonyl (C=O) groups is 7. The number of nitrogens with one attached hydrogen (secondary N) is 6. The van der Waals surface area contributed by atoms with E-state index >= 15 is 0 Å². The monoisotopic (exact) mass is 1030 g/mol. The largest absolute Gasteiger partial charge is 0.445 e. The average molecular weight is 1040 g/mol. The first kappa shape index (κ1) is 53.3. The number of aromatic nitrogens is 6. The average Bonchev–Trinajstić information content (AvgIpc) is 4.15. The van der Waals surface area contributed by atoms with Crippen molar-refractivity contribution in [3.8, 4) is 22.6 Å². The van der Waals surface area contributed by atoms with Crippen molar-refractivity contribution in [2.24, 2.45) is 11.7 Å². The van der Waals surface area contributed by atoms with Crippen molar-refractivity contribution in [1.29, 1.82) is 0 Å². The first-order chi connectivity index (χ1) is 36.7. The second-order valence-electron chi connectivity index (χ2n) is 19.0. The highest BCUT2D eigenvalue weighted by Crippen LogP contribution is 2.31. The van der Waals surface area contributed by atoms with E-state index in [0.717, 1.165) is 55.7 Å². The van der Waals surface area contributed by atoms with Crippen molar-refractivity contribution in [3.05, 3.63) is 126 Å². The highest BCUT2D eigenvalue weighted by Gasteiger charge is 2.30. The molecule has 8 N–H and O–H groups in total. The molecule has 0 radical (unpaired) electrons. The molecule has 8 amide bonds. The van der Waals surface area contributed by atoms with E-state index in [1.165, 1.54) is 18.5 Å². The maximum atomic E-state index is 13.7. The summed E-state index contributed by atoms with van der Waals surface area (Å²) in [6.45, 7) is 7.12. The zero-order valence-corrected chi connectivity index (χ0v) is 42.6. The van der Waals surface area contributed by atoms with Crippen LogP contribution in [-0.2, 0) is 54.8 Å². The molecule has 0 aliphatic carbocycles. The van der Waals surface area contributed by atoms with Gasteiger partial charge in [-0.1, -0.05) is 50.6 Å². The highest BCUT2D eigenvalue weighted by molar-refractivity contribution is 6.12. The number of unbranched alkanes of at least 4 members (excludes halogenated alkanes) is 2. The Morgan fingerprint density at radius 1 is 0.868 bits per heavy atom. The van der Waals surface area contributed by atoms with E-state index in [1.54, 1.807) is 47.5 Å². The number of aryl methyl sites for hydroxylation is 1. The predicted molar refractivity (Wildman–Crippen MR) is 282 cm³/mol. The summed E-state index contributed by atoms with van der Waals surface area (Å²) >= 11 is 0. The van der Waals surface area contributed by atoms with Gasteiger partial charge in [0.25, 0.3) is 11.8 Å². The number of urea groups is 1. The van der Waals surface area contributed by atoms with Gasteiger partial charge in [0.05, 0.1) is 17.9 Å². The van der Waals surface area contributed by atoms with E-state index < -0.39 is 36.0 Å². The van der Waals surface area contributed by atoms with Crippen molar-refractivity contribution in [2.45, 2.75) is 97.5 Å². The summed E-state index contributed by atoms with van der Waals surface area (Å²) in [5, 5.41) is 18.8. The standard InChI is InChI=1S/C54H62N14O8/c1-33(2)48(65-45(69)15-5-4-6-26-67-46(70)22-23-47(67)71)52(73)62-42(14-9-25-56-53(55)74)51(72)61-38-19-16-35(17-20-38)31-76-54(75)66-27-24-39-36(29-66)11-8-12-40(39)57-28-43-63-49(37-18-21-44-58-32-59-68(44)30-37)50(64-43)41-13-7-10-34(3)60-41/h7-8,10-13,16-23,30,32-33,42,48,57H,4-6,9,14-15,24-29,31H2,1-3H3,(H,61,72)(H,62,73)(H,63,64)(H,65,69)(H3,55,56,74)/t42-,48-/m0/s1. The maximum absolute atomic E-state index is 13.7. The number of carbonyl (C=O) groups excluding carboxylic acids is 7. The lowest BCUT2D eigenvalue weighted by molar-refractivity contribution is -0.137. The molecule has 76 heavy (non-hydrogen) atoms. The third kappa shape index (κ3) is 13.8. The molecule has 8 rings (SSSR count). The summed E-state index contributed by atoms with van der Waals surface area (Å²) in [5.41, 5.74) is 14.2. The molecular weight excluding hydrogens is 973 g/mol. The number of hydrogen-bond donors (Lipinski definition) is 7. The minimum absolute atomic E-state index is 0.0118. The number of aromatic amines is 1. The number of primary amides is 1. The van der Waals surface area contributed by atoms with Crippen LogP contribution in [-0.4, -0.2) is 113 Å². The number of amides is 8. The van der Waals surface area contributed by atoms with Crippen LogP contribution in [0.2, 0.25) is 0 Å². The molecule has 2 aliphatic heterocycles. The maximum Gasteiger partial charge on any atom is 0.410 e. The van der Waals surface area contributed by atoms with E-state index in [-0.39, 0.29) is 56.2 Å². The number of anilines is 2. The lowest BCUT2D eigenvalue weighted by atomic mass is 9.98. The van der Waals surface area contributed by atoms with Crippen molar-refractivity contribution >= 4 is 58.7 Å². The lowest BCUT2D eigenvalue weighted by Gasteiger charge is -2.29. The Labute approximate surface area is 438 Å². The Morgan fingerprint density at radius 3 is 2.42 bits per heavy atom. The Bertz CT molecular complexity index is 3110. The molecule has 0 saturated carbocycles. The van der Waals surface area contributed by atoms with Crippen LogP contribution < -0.4 is 32.3 Å². The van der Waals surface area contributed by atoms with Crippen molar-refractivity contribution in [1.82, 2.24) is 55.3 Å². The van der Waals surface area contributed by atoms with Gasteiger partial charge >= 0.3 is 12.1 Å². The molecule has 2 atom stereocenters. The summed E-state index contributed by atoms with van der Waals surface area (Å²) in [5.74, 6) is -1.74. The second kappa shape index (κ2) is 24.9. The minimum Gasteiger partial charge on any atom is -0.445 e. The molecule has 6 heterocycles. The van der Waals surface area contributed by atoms with Crippen LogP contribution >= 0.6 is 0 Å². The molecular formula is C54H62N14O8. The molecule has 22 heteroatoms. The van der Waals surface area contributed by atoms with E-state index in [9.17, 15) is 33.6 Å². The van der Waals surface area contributed by atoms with Gasteiger partial charge in [-0.05, 0) is 104 Å². The number of pyridine rings is 2. The molecule has 2 aliphatic rings. The Hall–Kier alpha value is -8.95. The number of nitrogens with zero attached hydrogens (tertiary/aromatic N) is 7. The number of rotatable bonds is 23. The number of hydrogen-bond acceptors (Lipinski definition) is 13. The van der Waals surface area contributed by atoms with Gasteiger partial charge in [-0.2, -0.15) is 5.10 Å². The van der Waals surface area contributed by atoms with Crippen molar-refractivity contribution < 1.29 is 38.3 Å². The molecule has 0 saturated heterocycles. The van der Waals surface area contributed by atoms with Gasteiger partial charge in [-0.15, -0.1) is 0 Å². The van der Waals surface area contributed by atoms with Gasteiger partial charge in [0.2, 0.25) is 17.7 Å². The van der Waals surface area contributed by atoms with Gasteiger partial charge in [0, 0.05) is 73.6 Å². The number of benzene rings is 2. The molecule has 0 spiro atoms. The first-order valence-electron chi connectivity index (χ1n) is 25.3. The molecule has 0 bridgehead atoms. The fourth-order valence-electron chi connectivity index (χ4n) is 9.01. The minimum atomic E-state index is -1.04. The summed E-state index contributed by atoms with van der Waals surface area (Å²) < 4.78 is 7.47. The SMILES string of the molecule is Cc1cccc(-c2nc(CNc3cccc4c3CCN(C(=O)OCc3ccc(NC(=O)[C@H](CCCNC(N)=O)NC(=O)[C@@H](NC(=O)CCCCCN5C(=O)C=CC5=O)C(C)C)cc3)C4)[nH]c2-c2ccc3ncnn3c2)n1. The van der Waals surface area contributed by atoms with Crippen LogP contribution in [0.25, 0.3) is 28.3 Å². The van der Waals surface area contributed by atoms with Gasteiger partial charge in [0.15, 0.2) is 5.65 Å². The quantitative estimate of drug-likeness (QED) is 0.0317. The number of imidazole rings is 1. The molecule has 22 nitrogen and oxygen atoms in total. The third-order valence-electron chi connectivity index (χ3n) is 13.1. The van der Waals surface area contributed by atoms with Crippen molar-refractivity contribution in [2.75, 3.05) is 30.3 Å². The normalized spacial score (nSPS) is 13.8. The van der Waals surface area contributed by atoms with Gasteiger partial charge in [0.1, 0.15) is 36.5 Å². The highest BCUT2D eigenvalue weighted by atomic mass is 16.6. The fourth-order valence-corrected chi connectivity index (χ4v) is 9.01. The van der Waals surface area contributed by atoms with Crippen LogP contribution in [0.1, 0.15) is 80.6 Å². The molecule has 0 fully saturated rings. The van der Waals surface area contributed by atoms with Crippen LogP contribution in [0.4, 0.5) is 21.0 Å². The van der Waals surface area contributed by atoms with Crippen LogP contribution in [0.15, 0.2) is 97.5 Å². The Balaban J connectivity index is 0.820. The Morgan fingerprint density at radius 2 is 1.66 bits per heavy atom. The van der Waals surface area contributed by atoms with E-state index in [4.69, 9.17) is 20.4 Å². The number of imide groups is 1. The molecule has 6 aromatic rings. The topological polar surface area (TPSA) is 293 Å². The van der Waals surface area contributed by atoms with E-state index in [1.807, 2.05) is 61.7 Å². The summed E-state index contributed by atoms with van der Waals surface area (Å²) in [6.07, 6.45) is 8.19. The van der Waals surface area contributed by atoms with Gasteiger partial charge in [-0.25, -0.2) is 24.1 Å². The van der Waals surface area contributed by atoms with Gasteiger partial charge in [-0.3, -0.25) is 33.9 Å². The van der Waals surface area contributed by atoms with Crippen molar-refractivity contribution in [3.63, 3.8) is 0 Å². The molecule has 0 unspecified atom stereocenters. The molecule has 2 aromatic carbocycles. The number of H-pyrrole nitrogens is 1. The van der Waals surface area contributed by atoms with Crippen LogP contribution in [0.3, 0.4) is 0 Å². The smallest absolute Gasteiger partial charge is 0.410 e. The number of fused-ring (bicyclic) bond motifs is 2. The summed E-state index contributed by atoms with van der Waals surface area (Å²) in [6, 6.07) is 19.8. The molecule has 4 aromatic heterocycles. The third-order valence-corrected chi connectivity index (χ3v) is 13.1. The van der Waals surface area contributed by atoms with Crippen LogP contribution in [0.5, 0.6) is 0 Å². The summed E-state index contributed by atoms with van der Waals surface area (Å²) in [7, 11) is 0. The number of nitrogens with two attached hydrogens (primary N) is 1. The number of ether oxygens (including phenoxy) is 1. The predicted octanol–water partition coefficient (Wildman–Crippen LogP) is 5.29.